The van der Waals surface area contributed by atoms with Crippen molar-refractivity contribution in [3.05, 3.63) is 0 Å². The highest BCUT2D eigenvalue weighted by atomic mass is 16.6. The molecule has 0 fully saturated rings. The Labute approximate surface area is 118 Å². The summed E-state index contributed by atoms with van der Waals surface area (Å²) in [6, 6.07) is 0. The smallest absolute Gasteiger partial charge is 0.407 e. The summed E-state index contributed by atoms with van der Waals surface area (Å²) in [5.74, 6) is -1.42. The highest BCUT2D eigenvalue weighted by molar-refractivity contribution is 6.35. The van der Waals surface area contributed by atoms with Gasteiger partial charge in [0, 0.05) is 26.2 Å². The molecule has 0 aromatic heterocycles. The Kier molecular flexibility index (Phi) is 8.30. The van der Waals surface area contributed by atoms with E-state index in [-0.39, 0.29) is 19.6 Å². The van der Waals surface area contributed by atoms with Gasteiger partial charge in [-0.25, -0.2) is 4.79 Å². The van der Waals surface area contributed by atoms with Crippen LogP contribution < -0.4 is 21.7 Å². The number of hydrogen-bond acceptors (Lipinski definition) is 5. The number of carbonyl (C=O) groups excluding carboxylic acids is 3. The fourth-order valence-corrected chi connectivity index (χ4v) is 1.14. The molecule has 116 valence electrons. The summed E-state index contributed by atoms with van der Waals surface area (Å²) in [5.41, 5.74) is 4.65. The maximum atomic E-state index is 11.3. The van der Waals surface area contributed by atoms with Crippen molar-refractivity contribution in [1.29, 1.82) is 0 Å². The number of alkyl carbamates (subject to hydrolysis) is 1. The molecule has 0 aliphatic carbocycles. The van der Waals surface area contributed by atoms with Crippen LogP contribution >= 0.6 is 0 Å². The number of nitrogens with two attached hydrogens (primary N) is 1. The molecule has 5 N–H and O–H groups in total. The lowest BCUT2D eigenvalue weighted by atomic mass is 10.2. The Balaban J connectivity index is 3.64. The maximum absolute atomic E-state index is 11.3. The summed E-state index contributed by atoms with van der Waals surface area (Å²) in [6.07, 6.45) is -0.0145. The van der Waals surface area contributed by atoms with Crippen LogP contribution in [0.15, 0.2) is 0 Å². The van der Waals surface area contributed by atoms with E-state index < -0.39 is 23.5 Å². The van der Waals surface area contributed by atoms with E-state index in [1.165, 1.54) is 0 Å². The molecule has 8 heteroatoms. The zero-order chi connectivity index (χ0) is 15.6. The molecule has 0 aliphatic heterocycles. The predicted octanol–water partition coefficient (Wildman–Crippen LogP) is -0.908. The van der Waals surface area contributed by atoms with Gasteiger partial charge in [0.05, 0.1) is 0 Å². The second-order valence-electron chi connectivity index (χ2n) is 5.08. The minimum atomic E-state index is -0.712. The van der Waals surface area contributed by atoms with Crippen LogP contribution in [-0.2, 0) is 14.3 Å². The summed E-state index contributed by atoms with van der Waals surface area (Å²) < 4.78 is 5.03. The summed E-state index contributed by atoms with van der Waals surface area (Å²) >= 11 is 0. The molecule has 20 heavy (non-hydrogen) atoms. The summed E-state index contributed by atoms with van der Waals surface area (Å²) in [5, 5.41) is 7.33. The molecule has 0 spiro atoms. The molecule has 0 aliphatic rings. The van der Waals surface area contributed by atoms with E-state index in [9.17, 15) is 14.4 Å². The Hall–Kier alpha value is -1.83. The van der Waals surface area contributed by atoms with Crippen LogP contribution in [0, 0.1) is 0 Å². The van der Waals surface area contributed by atoms with Crippen molar-refractivity contribution < 1.29 is 19.1 Å². The lowest BCUT2D eigenvalue weighted by Gasteiger charge is -2.19. The first-order chi connectivity index (χ1) is 9.26. The fourth-order valence-electron chi connectivity index (χ4n) is 1.14. The first-order valence-corrected chi connectivity index (χ1v) is 6.49. The molecule has 0 unspecified atom stereocenters. The molecule has 0 saturated carbocycles. The van der Waals surface area contributed by atoms with Crippen molar-refractivity contribution in [2.45, 2.75) is 32.8 Å². The number of amides is 3. The summed E-state index contributed by atoms with van der Waals surface area (Å²) in [4.78, 5) is 33.7. The lowest BCUT2D eigenvalue weighted by molar-refractivity contribution is -0.139. The van der Waals surface area contributed by atoms with E-state index in [1.807, 2.05) is 0 Å². The van der Waals surface area contributed by atoms with Crippen LogP contribution in [0.4, 0.5) is 4.79 Å². The summed E-state index contributed by atoms with van der Waals surface area (Å²) in [6.45, 7) is 6.47. The van der Waals surface area contributed by atoms with E-state index in [4.69, 9.17) is 10.5 Å². The van der Waals surface area contributed by atoms with Crippen molar-refractivity contribution in [2.24, 2.45) is 5.73 Å². The van der Waals surface area contributed by atoms with E-state index in [1.54, 1.807) is 20.8 Å². The van der Waals surface area contributed by atoms with Crippen molar-refractivity contribution >= 4 is 17.9 Å². The number of rotatable bonds is 6. The first-order valence-electron chi connectivity index (χ1n) is 6.49. The average molecular weight is 288 g/mol. The molecule has 0 rings (SSSR count). The standard InChI is InChI=1S/C12H24N4O4/c1-12(2,3)20-11(19)16-7-4-6-14-9(17)10(18)15-8-5-13/h4-8,13H2,1-3H3,(H,14,17)(H,15,18)(H,16,19). The Bertz CT molecular complexity index is 339. The largest absolute Gasteiger partial charge is 0.444 e. The molecule has 0 radical (unpaired) electrons. The number of hydrogen-bond donors (Lipinski definition) is 4. The third kappa shape index (κ3) is 10.1. The van der Waals surface area contributed by atoms with Gasteiger partial charge in [0.1, 0.15) is 5.60 Å². The van der Waals surface area contributed by atoms with Gasteiger partial charge in [-0.2, -0.15) is 0 Å². The second kappa shape index (κ2) is 9.13. The van der Waals surface area contributed by atoms with Gasteiger partial charge < -0.3 is 26.4 Å². The van der Waals surface area contributed by atoms with Crippen molar-refractivity contribution in [3.63, 3.8) is 0 Å². The Morgan fingerprint density at radius 1 is 0.950 bits per heavy atom. The molecule has 3 amide bonds. The van der Waals surface area contributed by atoms with Gasteiger partial charge >= 0.3 is 17.9 Å². The number of ether oxygens (including phenoxy) is 1. The molecule has 0 aromatic carbocycles. The maximum Gasteiger partial charge on any atom is 0.407 e. The third-order valence-electron chi connectivity index (χ3n) is 1.94. The van der Waals surface area contributed by atoms with E-state index in [2.05, 4.69) is 16.0 Å². The van der Waals surface area contributed by atoms with Gasteiger partial charge in [0.2, 0.25) is 0 Å². The third-order valence-corrected chi connectivity index (χ3v) is 1.94. The van der Waals surface area contributed by atoms with Crippen molar-refractivity contribution in [3.8, 4) is 0 Å². The van der Waals surface area contributed by atoms with Gasteiger partial charge in [-0.3, -0.25) is 9.59 Å². The van der Waals surface area contributed by atoms with Crippen LogP contribution in [0.1, 0.15) is 27.2 Å². The SMILES string of the molecule is CC(C)(C)OC(=O)NCCCNC(=O)C(=O)NCCN. The monoisotopic (exact) mass is 288 g/mol. The van der Waals surface area contributed by atoms with Crippen LogP contribution in [-0.4, -0.2) is 49.7 Å². The zero-order valence-electron chi connectivity index (χ0n) is 12.2. The van der Waals surface area contributed by atoms with Gasteiger partial charge in [-0.15, -0.1) is 0 Å². The lowest BCUT2D eigenvalue weighted by Crippen LogP contribution is -2.42. The molecule has 0 aromatic rings. The van der Waals surface area contributed by atoms with Gasteiger partial charge in [-0.05, 0) is 27.2 Å². The molecule has 0 heterocycles. The van der Waals surface area contributed by atoms with Gasteiger partial charge in [0.25, 0.3) is 0 Å². The van der Waals surface area contributed by atoms with E-state index in [0.29, 0.717) is 13.0 Å². The average Bonchev–Trinajstić information content (AvgIpc) is 2.32. The first kappa shape index (κ1) is 18.2. The Morgan fingerprint density at radius 3 is 1.95 bits per heavy atom. The minimum absolute atomic E-state index is 0.256. The van der Waals surface area contributed by atoms with Crippen molar-refractivity contribution in [2.75, 3.05) is 26.2 Å². The van der Waals surface area contributed by atoms with Crippen LogP contribution in [0.3, 0.4) is 0 Å². The van der Waals surface area contributed by atoms with Crippen LogP contribution in [0.25, 0.3) is 0 Å². The quantitative estimate of drug-likeness (QED) is 0.372. The molecule has 0 saturated heterocycles. The number of nitrogens with one attached hydrogen (secondary N) is 3. The van der Waals surface area contributed by atoms with Gasteiger partial charge in [-0.1, -0.05) is 0 Å². The van der Waals surface area contributed by atoms with Crippen molar-refractivity contribution in [1.82, 2.24) is 16.0 Å². The molecule has 0 atom stereocenters. The highest BCUT2D eigenvalue weighted by Gasteiger charge is 2.15. The summed E-state index contributed by atoms with van der Waals surface area (Å²) in [7, 11) is 0. The topological polar surface area (TPSA) is 123 Å². The fraction of sp³-hybridized carbons (Fsp3) is 0.750. The van der Waals surface area contributed by atoms with E-state index >= 15 is 0 Å². The predicted molar refractivity (Wildman–Crippen MR) is 73.9 cm³/mol. The van der Waals surface area contributed by atoms with E-state index in [0.717, 1.165) is 0 Å². The zero-order valence-corrected chi connectivity index (χ0v) is 12.2. The molecule has 0 bridgehead atoms. The normalized spacial score (nSPS) is 10.6. The highest BCUT2D eigenvalue weighted by Crippen LogP contribution is 2.06. The molecule has 8 nitrogen and oxygen atoms in total. The Morgan fingerprint density at radius 2 is 1.45 bits per heavy atom. The number of carbonyl (C=O) groups is 3. The van der Waals surface area contributed by atoms with Crippen LogP contribution in [0.5, 0.6) is 0 Å². The van der Waals surface area contributed by atoms with Gasteiger partial charge in [0.15, 0.2) is 0 Å². The second-order valence-corrected chi connectivity index (χ2v) is 5.08. The van der Waals surface area contributed by atoms with Crippen LogP contribution in [0.2, 0.25) is 0 Å². The minimum Gasteiger partial charge on any atom is -0.444 e. The molecular formula is C12H24N4O4. The molecular weight excluding hydrogens is 264 g/mol.